The lowest BCUT2D eigenvalue weighted by Gasteiger charge is -2.33. The van der Waals surface area contributed by atoms with Crippen molar-refractivity contribution in [3.05, 3.63) is 17.7 Å². The first-order valence-corrected chi connectivity index (χ1v) is 8.97. The van der Waals surface area contributed by atoms with Crippen molar-refractivity contribution < 1.29 is 19.4 Å². The van der Waals surface area contributed by atoms with Gasteiger partial charge in [-0.1, -0.05) is 0 Å². The fourth-order valence-corrected chi connectivity index (χ4v) is 3.07. The average molecular weight is 353 g/mol. The van der Waals surface area contributed by atoms with Crippen LogP contribution in [0.1, 0.15) is 51.0 Å². The Morgan fingerprint density at radius 2 is 2.04 bits per heavy atom. The summed E-state index contributed by atoms with van der Waals surface area (Å²) in [5.41, 5.74) is 0.515. The lowest BCUT2D eigenvalue weighted by atomic mass is 9.96. The molecular weight excluding hydrogens is 322 g/mol. The number of carbonyl (C=O) groups is 1. The van der Waals surface area contributed by atoms with Gasteiger partial charge in [-0.15, -0.1) is 0 Å². The first-order valence-electron chi connectivity index (χ1n) is 8.97. The summed E-state index contributed by atoms with van der Waals surface area (Å²) in [5.74, 6) is 1.30. The van der Waals surface area contributed by atoms with Crippen molar-refractivity contribution >= 4 is 6.09 Å². The Labute approximate surface area is 149 Å². The lowest BCUT2D eigenvalue weighted by Crippen LogP contribution is -2.41. The minimum Gasteiger partial charge on any atom is -0.444 e. The van der Waals surface area contributed by atoms with Crippen LogP contribution in [0.2, 0.25) is 0 Å². The number of aliphatic hydroxyl groups excluding tert-OH is 1. The third-order valence-electron chi connectivity index (χ3n) is 4.27. The van der Waals surface area contributed by atoms with Crippen molar-refractivity contribution in [3.63, 3.8) is 0 Å². The second kappa shape index (κ2) is 8.67. The van der Waals surface area contributed by atoms with E-state index in [-0.39, 0.29) is 12.7 Å². The van der Waals surface area contributed by atoms with Crippen LogP contribution in [-0.4, -0.2) is 64.7 Å². The smallest absolute Gasteiger partial charge is 0.410 e. The van der Waals surface area contributed by atoms with Crippen molar-refractivity contribution in [2.45, 2.75) is 58.1 Å². The van der Waals surface area contributed by atoms with Crippen molar-refractivity contribution in [2.75, 3.05) is 33.4 Å². The first kappa shape index (κ1) is 19.7. The fourth-order valence-electron chi connectivity index (χ4n) is 3.07. The summed E-state index contributed by atoms with van der Waals surface area (Å²) in [6, 6.07) is 0. The van der Waals surface area contributed by atoms with Crippen molar-refractivity contribution in [3.8, 4) is 0 Å². The van der Waals surface area contributed by atoms with Gasteiger partial charge in [0.05, 0.1) is 18.9 Å². The monoisotopic (exact) mass is 353 g/mol. The SMILES string of the molecule is COCCc1cn(CCO)c(C2CCN(C(=O)OC(C)(C)C)CC2)n1. The van der Waals surface area contributed by atoms with Crippen LogP contribution in [0.3, 0.4) is 0 Å². The van der Waals surface area contributed by atoms with Gasteiger partial charge in [0.1, 0.15) is 11.4 Å². The number of aromatic nitrogens is 2. The molecule has 0 aliphatic carbocycles. The van der Waals surface area contributed by atoms with Crippen molar-refractivity contribution in [1.29, 1.82) is 0 Å². The van der Waals surface area contributed by atoms with Gasteiger partial charge in [-0.05, 0) is 33.6 Å². The third kappa shape index (κ3) is 5.71. The molecule has 0 aromatic carbocycles. The summed E-state index contributed by atoms with van der Waals surface area (Å²) in [6.45, 7) is 8.23. The van der Waals surface area contributed by atoms with E-state index in [0.29, 0.717) is 32.2 Å². The molecule has 1 aromatic heterocycles. The highest BCUT2D eigenvalue weighted by molar-refractivity contribution is 5.68. The highest BCUT2D eigenvalue weighted by Gasteiger charge is 2.29. The van der Waals surface area contributed by atoms with E-state index in [1.807, 2.05) is 31.5 Å². The van der Waals surface area contributed by atoms with Gasteiger partial charge in [0.25, 0.3) is 0 Å². The van der Waals surface area contributed by atoms with Gasteiger partial charge < -0.3 is 24.0 Å². The molecule has 1 amide bonds. The molecule has 0 atom stereocenters. The molecule has 0 unspecified atom stereocenters. The summed E-state index contributed by atoms with van der Waals surface area (Å²) in [6.07, 6.45) is 4.23. The molecular formula is C18H31N3O4. The summed E-state index contributed by atoms with van der Waals surface area (Å²) in [5, 5.41) is 9.31. The number of likely N-dealkylation sites (tertiary alicyclic amines) is 1. The maximum absolute atomic E-state index is 12.2. The highest BCUT2D eigenvalue weighted by atomic mass is 16.6. The van der Waals surface area contributed by atoms with Crippen LogP contribution < -0.4 is 0 Å². The van der Waals surface area contributed by atoms with Gasteiger partial charge >= 0.3 is 6.09 Å². The predicted octanol–water partition coefficient (Wildman–Crippen LogP) is 2.18. The zero-order valence-electron chi connectivity index (χ0n) is 15.8. The molecule has 2 heterocycles. The van der Waals surface area contributed by atoms with E-state index in [1.54, 1.807) is 12.0 Å². The maximum Gasteiger partial charge on any atom is 0.410 e. The number of hydrogen-bond acceptors (Lipinski definition) is 5. The summed E-state index contributed by atoms with van der Waals surface area (Å²) in [4.78, 5) is 18.7. The van der Waals surface area contributed by atoms with E-state index in [0.717, 1.165) is 30.8 Å². The molecule has 7 nitrogen and oxygen atoms in total. The molecule has 0 saturated carbocycles. The van der Waals surface area contributed by atoms with Gasteiger partial charge in [-0.2, -0.15) is 0 Å². The predicted molar refractivity (Wildman–Crippen MR) is 94.7 cm³/mol. The minimum atomic E-state index is -0.471. The van der Waals surface area contributed by atoms with E-state index in [9.17, 15) is 9.90 Å². The second-order valence-corrected chi connectivity index (χ2v) is 7.49. The van der Waals surface area contributed by atoms with Crippen LogP contribution in [0, 0.1) is 0 Å². The molecule has 142 valence electrons. The number of amides is 1. The maximum atomic E-state index is 12.2. The van der Waals surface area contributed by atoms with E-state index in [1.165, 1.54) is 0 Å². The number of aliphatic hydroxyl groups is 1. The topological polar surface area (TPSA) is 76.8 Å². The Hall–Kier alpha value is -1.60. The molecule has 0 radical (unpaired) electrons. The number of hydrogen-bond donors (Lipinski definition) is 1. The van der Waals surface area contributed by atoms with Crippen LogP contribution >= 0.6 is 0 Å². The van der Waals surface area contributed by atoms with Gasteiger partial charge in [-0.3, -0.25) is 0 Å². The Balaban J connectivity index is 1.99. The Kier molecular flexibility index (Phi) is 6.84. The molecule has 2 rings (SSSR count). The van der Waals surface area contributed by atoms with Crippen molar-refractivity contribution in [2.24, 2.45) is 0 Å². The van der Waals surface area contributed by atoms with E-state index >= 15 is 0 Å². The first-order chi connectivity index (χ1) is 11.8. The normalized spacial score (nSPS) is 16.3. The minimum absolute atomic E-state index is 0.0871. The zero-order valence-corrected chi connectivity index (χ0v) is 15.8. The standard InChI is InChI=1S/C18H31N3O4/c1-18(2,3)25-17(23)20-8-5-14(6-9-20)16-19-15(7-12-24-4)13-21(16)10-11-22/h13-14,22H,5-12H2,1-4H3. The Morgan fingerprint density at radius 3 is 2.60 bits per heavy atom. The van der Waals surface area contributed by atoms with Crippen LogP contribution in [0.5, 0.6) is 0 Å². The molecule has 1 fully saturated rings. The van der Waals surface area contributed by atoms with Crippen molar-refractivity contribution in [1.82, 2.24) is 14.5 Å². The molecule has 0 spiro atoms. The van der Waals surface area contributed by atoms with Crippen LogP contribution in [0.25, 0.3) is 0 Å². The summed E-state index contributed by atoms with van der Waals surface area (Å²) >= 11 is 0. The highest BCUT2D eigenvalue weighted by Crippen LogP contribution is 2.28. The van der Waals surface area contributed by atoms with E-state index in [4.69, 9.17) is 14.5 Å². The third-order valence-corrected chi connectivity index (χ3v) is 4.27. The van der Waals surface area contributed by atoms with Crippen LogP contribution in [0.4, 0.5) is 4.79 Å². The number of rotatable bonds is 6. The number of nitrogens with zero attached hydrogens (tertiary/aromatic N) is 3. The number of piperidine rings is 1. The van der Waals surface area contributed by atoms with Gasteiger partial charge in [-0.25, -0.2) is 9.78 Å². The lowest BCUT2D eigenvalue weighted by molar-refractivity contribution is 0.0202. The quantitative estimate of drug-likeness (QED) is 0.848. The van der Waals surface area contributed by atoms with E-state index in [2.05, 4.69) is 0 Å². The molecule has 1 saturated heterocycles. The molecule has 0 bridgehead atoms. The largest absolute Gasteiger partial charge is 0.444 e. The van der Waals surface area contributed by atoms with Gasteiger partial charge in [0.15, 0.2) is 0 Å². The molecule has 1 aliphatic rings. The van der Waals surface area contributed by atoms with Crippen LogP contribution in [0.15, 0.2) is 6.20 Å². The molecule has 1 aromatic rings. The Bertz CT molecular complexity index is 557. The number of methoxy groups -OCH3 is 1. The molecule has 1 N–H and O–H groups in total. The summed E-state index contributed by atoms with van der Waals surface area (Å²) < 4.78 is 12.6. The fraction of sp³-hybridized carbons (Fsp3) is 0.778. The Morgan fingerprint density at radius 1 is 1.36 bits per heavy atom. The van der Waals surface area contributed by atoms with Gasteiger partial charge in [0, 0.05) is 45.3 Å². The van der Waals surface area contributed by atoms with Crippen LogP contribution in [-0.2, 0) is 22.4 Å². The molecule has 7 heteroatoms. The second-order valence-electron chi connectivity index (χ2n) is 7.49. The van der Waals surface area contributed by atoms with Gasteiger partial charge in [0.2, 0.25) is 0 Å². The van der Waals surface area contributed by atoms with E-state index < -0.39 is 5.60 Å². The number of ether oxygens (including phenoxy) is 2. The average Bonchev–Trinajstić information content (AvgIpc) is 2.95. The zero-order chi connectivity index (χ0) is 18.4. The number of imidazole rings is 1. The number of carbonyl (C=O) groups excluding carboxylic acids is 1. The molecule has 1 aliphatic heterocycles. The molecule has 25 heavy (non-hydrogen) atoms. The summed E-state index contributed by atoms with van der Waals surface area (Å²) in [7, 11) is 1.68.